The molecule has 15 heavy (non-hydrogen) atoms. The Bertz CT molecular complexity index is 236. The van der Waals surface area contributed by atoms with E-state index in [1.807, 2.05) is 39.9 Å². The Morgan fingerprint density at radius 1 is 1.33 bits per heavy atom. The average Bonchev–Trinajstić information content (AvgIpc) is 2.25. The second kappa shape index (κ2) is 10.4. The van der Waals surface area contributed by atoms with Gasteiger partial charge in [0.05, 0.1) is 5.69 Å². The van der Waals surface area contributed by atoms with E-state index in [-0.39, 0.29) is 12.4 Å². The van der Waals surface area contributed by atoms with E-state index >= 15 is 0 Å². The van der Waals surface area contributed by atoms with Gasteiger partial charge in [-0.05, 0) is 12.1 Å². The largest absolute Gasteiger partial charge is 0.383 e. The third-order valence-corrected chi connectivity index (χ3v) is 3.90. The lowest BCUT2D eigenvalue weighted by Gasteiger charge is -2.04. The lowest BCUT2D eigenvalue weighted by atomic mass is 10.4. The molecule has 86 valence electrons. The summed E-state index contributed by atoms with van der Waals surface area (Å²) in [7, 11) is 3.68. The van der Waals surface area contributed by atoms with Crippen molar-refractivity contribution in [1.29, 1.82) is 0 Å². The third kappa shape index (κ3) is 7.79. The van der Waals surface area contributed by atoms with Crippen LogP contribution >= 0.6 is 34.0 Å². The molecular formula is C9H16ClN3S2. The van der Waals surface area contributed by atoms with E-state index in [4.69, 9.17) is 5.73 Å². The predicted molar refractivity (Wildman–Crippen MR) is 73.9 cm³/mol. The molecule has 0 fully saturated rings. The minimum atomic E-state index is 0. The van der Waals surface area contributed by atoms with Crippen LogP contribution in [-0.4, -0.2) is 29.6 Å². The number of nitrogens with one attached hydrogen (secondary N) is 1. The zero-order valence-corrected chi connectivity index (χ0v) is 10.8. The summed E-state index contributed by atoms with van der Waals surface area (Å²) in [5.41, 5.74) is 6.46. The highest BCUT2D eigenvalue weighted by atomic mass is 35.5. The third-order valence-electron chi connectivity index (χ3n) is 1.46. The molecule has 0 spiro atoms. The monoisotopic (exact) mass is 265 g/mol. The van der Waals surface area contributed by atoms with Crippen molar-refractivity contribution >= 4 is 39.7 Å². The molecule has 0 aromatic carbocycles. The molecule has 0 aliphatic carbocycles. The number of hydrogen-bond acceptors (Lipinski definition) is 5. The van der Waals surface area contributed by atoms with Crippen molar-refractivity contribution in [2.45, 2.75) is 0 Å². The molecule has 0 bridgehead atoms. The molecule has 0 aliphatic heterocycles. The highest BCUT2D eigenvalue weighted by Gasteiger charge is 1.91. The Hall–Kier alpha value is -0.100. The fourth-order valence-corrected chi connectivity index (χ4v) is 2.63. The maximum absolute atomic E-state index is 5.38. The maximum atomic E-state index is 5.38. The zero-order valence-electron chi connectivity index (χ0n) is 8.39. The maximum Gasteiger partial charge on any atom is 0.0526 e. The lowest BCUT2D eigenvalue weighted by Crippen LogP contribution is -2.04. The molecule has 1 rings (SSSR count). The standard InChI is InChI=1S/C9H15N3S2.ClH/c10-3-6-13-14-7-5-12-9-2-1-4-11-8-9;/h1-2,4,8,12H,3,5-7,10H2;1H. The zero-order chi connectivity index (χ0) is 10.1. The molecule has 0 saturated carbocycles. The van der Waals surface area contributed by atoms with Gasteiger partial charge in [0.1, 0.15) is 0 Å². The van der Waals surface area contributed by atoms with Crippen LogP contribution in [-0.2, 0) is 0 Å². The van der Waals surface area contributed by atoms with Crippen LogP contribution in [0.2, 0.25) is 0 Å². The first-order valence-electron chi connectivity index (χ1n) is 4.52. The first kappa shape index (κ1) is 14.9. The SMILES string of the molecule is Cl.NCCSSCCNc1cccnc1. The van der Waals surface area contributed by atoms with Crippen LogP contribution in [0.25, 0.3) is 0 Å². The number of hydrogen-bond donors (Lipinski definition) is 2. The van der Waals surface area contributed by atoms with Crippen LogP contribution in [0, 0.1) is 0 Å². The molecule has 6 heteroatoms. The van der Waals surface area contributed by atoms with Gasteiger partial charge in [0, 0.05) is 37.0 Å². The number of nitrogens with two attached hydrogens (primary N) is 1. The molecule has 1 heterocycles. The number of rotatable bonds is 7. The van der Waals surface area contributed by atoms with Crippen LogP contribution in [0.3, 0.4) is 0 Å². The molecule has 0 unspecified atom stereocenters. The average molecular weight is 266 g/mol. The van der Waals surface area contributed by atoms with Gasteiger partial charge in [-0.3, -0.25) is 4.98 Å². The highest BCUT2D eigenvalue weighted by Crippen LogP contribution is 2.19. The van der Waals surface area contributed by atoms with Gasteiger partial charge in [0.25, 0.3) is 0 Å². The number of anilines is 1. The fourth-order valence-electron chi connectivity index (χ4n) is 0.870. The van der Waals surface area contributed by atoms with Crippen molar-refractivity contribution < 1.29 is 0 Å². The summed E-state index contributed by atoms with van der Waals surface area (Å²) in [5.74, 6) is 2.11. The molecule has 1 aromatic rings. The molecule has 3 nitrogen and oxygen atoms in total. The van der Waals surface area contributed by atoms with Crippen LogP contribution in [0.1, 0.15) is 0 Å². The van der Waals surface area contributed by atoms with Crippen molar-refractivity contribution in [1.82, 2.24) is 4.98 Å². The summed E-state index contributed by atoms with van der Waals surface area (Å²) in [5, 5.41) is 3.29. The van der Waals surface area contributed by atoms with Crippen LogP contribution < -0.4 is 11.1 Å². The van der Waals surface area contributed by atoms with E-state index < -0.39 is 0 Å². The number of pyridine rings is 1. The van der Waals surface area contributed by atoms with E-state index in [1.165, 1.54) is 0 Å². The number of nitrogens with zero attached hydrogens (tertiary/aromatic N) is 1. The summed E-state index contributed by atoms with van der Waals surface area (Å²) >= 11 is 0. The second-order valence-electron chi connectivity index (χ2n) is 2.60. The van der Waals surface area contributed by atoms with Crippen LogP contribution in [0.15, 0.2) is 24.5 Å². The van der Waals surface area contributed by atoms with E-state index in [9.17, 15) is 0 Å². The summed E-state index contributed by atoms with van der Waals surface area (Å²) in [4.78, 5) is 4.02. The summed E-state index contributed by atoms with van der Waals surface area (Å²) in [6, 6.07) is 3.95. The van der Waals surface area contributed by atoms with Gasteiger partial charge in [-0.1, -0.05) is 21.6 Å². The second-order valence-corrected chi connectivity index (χ2v) is 5.30. The molecule has 0 saturated heterocycles. The quantitative estimate of drug-likeness (QED) is 0.585. The minimum absolute atomic E-state index is 0. The molecule has 1 aromatic heterocycles. The Morgan fingerprint density at radius 3 is 2.80 bits per heavy atom. The Morgan fingerprint density at radius 2 is 2.13 bits per heavy atom. The van der Waals surface area contributed by atoms with E-state index in [2.05, 4.69) is 10.3 Å². The molecule has 0 atom stereocenters. The smallest absolute Gasteiger partial charge is 0.0526 e. The summed E-state index contributed by atoms with van der Waals surface area (Å²) in [6.07, 6.45) is 3.61. The van der Waals surface area contributed by atoms with E-state index in [0.29, 0.717) is 0 Å². The fraction of sp³-hybridized carbons (Fsp3) is 0.444. The van der Waals surface area contributed by atoms with Gasteiger partial charge in [0.2, 0.25) is 0 Å². The van der Waals surface area contributed by atoms with Crippen molar-refractivity contribution in [2.24, 2.45) is 5.73 Å². The first-order valence-corrected chi connectivity index (χ1v) is 7.00. The van der Waals surface area contributed by atoms with Crippen molar-refractivity contribution in [2.75, 3.05) is 29.9 Å². The van der Waals surface area contributed by atoms with Crippen molar-refractivity contribution in [3.8, 4) is 0 Å². The minimum Gasteiger partial charge on any atom is -0.383 e. The summed E-state index contributed by atoms with van der Waals surface area (Å²) < 4.78 is 0. The Kier molecular flexibility index (Phi) is 10.3. The van der Waals surface area contributed by atoms with Gasteiger partial charge >= 0.3 is 0 Å². The summed E-state index contributed by atoms with van der Waals surface area (Å²) in [6.45, 7) is 1.72. The Balaban J connectivity index is 0.00000196. The van der Waals surface area contributed by atoms with Crippen molar-refractivity contribution in [3.05, 3.63) is 24.5 Å². The highest BCUT2D eigenvalue weighted by molar-refractivity contribution is 8.76. The van der Waals surface area contributed by atoms with Gasteiger partial charge in [-0.25, -0.2) is 0 Å². The lowest BCUT2D eigenvalue weighted by molar-refractivity contribution is 1.15. The number of halogens is 1. The van der Waals surface area contributed by atoms with Gasteiger partial charge in [-0.2, -0.15) is 0 Å². The molecule has 3 N–H and O–H groups in total. The molecule has 0 aliphatic rings. The van der Waals surface area contributed by atoms with E-state index in [1.54, 1.807) is 6.20 Å². The van der Waals surface area contributed by atoms with Crippen molar-refractivity contribution in [3.63, 3.8) is 0 Å². The number of aromatic nitrogens is 1. The van der Waals surface area contributed by atoms with Gasteiger partial charge < -0.3 is 11.1 Å². The van der Waals surface area contributed by atoms with Gasteiger partial charge in [0.15, 0.2) is 0 Å². The van der Waals surface area contributed by atoms with Gasteiger partial charge in [-0.15, -0.1) is 12.4 Å². The molecule has 0 amide bonds. The van der Waals surface area contributed by atoms with Crippen LogP contribution in [0.4, 0.5) is 5.69 Å². The molecular weight excluding hydrogens is 250 g/mol. The predicted octanol–water partition coefficient (Wildman–Crippen LogP) is 2.26. The topological polar surface area (TPSA) is 50.9 Å². The van der Waals surface area contributed by atoms with E-state index in [0.717, 1.165) is 30.3 Å². The molecule has 0 radical (unpaired) electrons. The normalized spacial score (nSPS) is 9.40. The van der Waals surface area contributed by atoms with Crippen LogP contribution in [0.5, 0.6) is 0 Å². The first-order chi connectivity index (χ1) is 6.93. The Labute approximate surface area is 105 Å².